The van der Waals surface area contributed by atoms with Crippen LogP contribution < -0.4 is 4.31 Å². The Morgan fingerprint density at radius 1 is 0.957 bits per heavy atom. The number of ether oxygens (including phenoxy) is 2. The van der Waals surface area contributed by atoms with Gasteiger partial charge in [0.2, 0.25) is 17.7 Å². The first kappa shape index (κ1) is 33.6. The number of methoxy groups -OCH3 is 1. The summed E-state index contributed by atoms with van der Waals surface area (Å²) < 4.78 is 51.9. The molecule has 3 aromatic carbocycles. The highest BCUT2D eigenvalue weighted by Gasteiger charge is 2.33. The highest BCUT2D eigenvalue weighted by atomic mass is 32.2. The van der Waals surface area contributed by atoms with Gasteiger partial charge in [0.05, 0.1) is 36.4 Å². The minimum atomic E-state index is -4.24. The van der Waals surface area contributed by atoms with Crippen LogP contribution in [0.1, 0.15) is 22.4 Å². The second-order valence-corrected chi connectivity index (χ2v) is 12.8. The Bertz CT molecular complexity index is 1890. The molecule has 0 saturated carbocycles. The van der Waals surface area contributed by atoms with Gasteiger partial charge in [0.25, 0.3) is 10.0 Å². The maximum atomic E-state index is 14.5. The molecule has 2 aromatic heterocycles. The fourth-order valence-electron chi connectivity index (χ4n) is 5.08. The van der Waals surface area contributed by atoms with Gasteiger partial charge in [-0.3, -0.25) is 4.79 Å². The summed E-state index contributed by atoms with van der Waals surface area (Å²) in [6.45, 7) is 4.06. The number of amides is 1. The Morgan fingerprint density at radius 2 is 1.72 bits per heavy atom. The summed E-state index contributed by atoms with van der Waals surface area (Å²) in [5.41, 5.74) is 4.81. The SMILES string of the molecule is COCCOCN(c1onc(C)c1C)S(=O)(=O)c1ccccc1-c1ccc(-c2ncco2)cc1CCN(C)C(=O)Cc1ccccc1. The summed E-state index contributed by atoms with van der Waals surface area (Å²) in [6.07, 6.45) is 3.79. The molecule has 0 unspecified atom stereocenters. The lowest BCUT2D eigenvalue weighted by Crippen LogP contribution is -2.34. The third kappa shape index (κ3) is 7.79. The van der Waals surface area contributed by atoms with Crippen LogP contribution in [-0.2, 0) is 37.1 Å². The summed E-state index contributed by atoms with van der Waals surface area (Å²) >= 11 is 0. The van der Waals surface area contributed by atoms with E-state index in [1.54, 1.807) is 63.4 Å². The molecule has 0 aliphatic carbocycles. The largest absolute Gasteiger partial charge is 0.445 e. The van der Waals surface area contributed by atoms with E-state index in [-0.39, 0.29) is 36.4 Å². The molecule has 0 radical (unpaired) electrons. The number of sulfonamides is 1. The van der Waals surface area contributed by atoms with Crippen molar-refractivity contribution in [3.8, 4) is 22.6 Å². The molecular weight excluding hydrogens is 620 g/mol. The number of oxazole rings is 1. The van der Waals surface area contributed by atoms with E-state index in [0.29, 0.717) is 47.8 Å². The molecular formula is C35H38N4O7S. The predicted molar refractivity (Wildman–Crippen MR) is 177 cm³/mol. The number of carbonyl (C=O) groups is 1. The van der Waals surface area contributed by atoms with Gasteiger partial charge < -0.3 is 23.3 Å². The monoisotopic (exact) mass is 658 g/mol. The smallest absolute Gasteiger partial charge is 0.269 e. The lowest BCUT2D eigenvalue weighted by Gasteiger charge is -2.24. The van der Waals surface area contributed by atoms with Gasteiger partial charge in [-0.2, -0.15) is 0 Å². The van der Waals surface area contributed by atoms with Crippen LogP contribution in [0.4, 0.5) is 5.88 Å². The van der Waals surface area contributed by atoms with E-state index in [2.05, 4.69) is 10.1 Å². The summed E-state index contributed by atoms with van der Waals surface area (Å²) in [6, 6.07) is 22.0. The van der Waals surface area contributed by atoms with Gasteiger partial charge in [-0.1, -0.05) is 59.8 Å². The number of aromatic nitrogens is 2. The van der Waals surface area contributed by atoms with E-state index < -0.39 is 10.0 Å². The van der Waals surface area contributed by atoms with Crippen LogP contribution in [0.5, 0.6) is 0 Å². The highest BCUT2D eigenvalue weighted by Crippen LogP contribution is 2.36. The van der Waals surface area contributed by atoms with E-state index in [1.807, 2.05) is 48.5 Å². The molecule has 11 nitrogen and oxygen atoms in total. The maximum Gasteiger partial charge on any atom is 0.269 e. The van der Waals surface area contributed by atoms with Gasteiger partial charge in [0, 0.05) is 37.4 Å². The minimum absolute atomic E-state index is 0.0218. The highest BCUT2D eigenvalue weighted by molar-refractivity contribution is 7.93. The number of benzene rings is 3. The van der Waals surface area contributed by atoms with E-state index >= 15 is 0 Å². The molecule has 2 heterocycles. The van der Waals surface area contributed by atoms with Gasteiger partial charge in [-0.25, -0.2) is 17.7 Å². The van der Waals surface area contributed by atoms with Gasteiger partial charge in [-0.05, 0) is 55.2 Å². The Morgan fingerprint density at radius 3 is 2.43 bits per heavy atom. The molecule has 0 saturated heterocycles. The topological polar surface area (TPSA) is 128 Å². The number of hydrogen-bond donors (Lipinski definition) is 0. The molecule has 246 valence electrons. The standard InChI is InChI=1S/C35H38N4O7S/c1-25-26(2)37-46-35(25)39(24-44-21-20-43-4)47(41,42)32-13-9-8-12-31(32)30-15-14-29(34-36-17-19-45-34)23-28(30)16-18-38(3)33(40)22-27-10-6-5-7-11-27/h5-15,17,19,23H,16,18,20-22,24H2,1-4H3. The summed E-state index contributed by atoms with van der Waals surface area (Å²) in [4.78, 5) is 19.1. The van der Waals surface area contributed by atoms with Crippen molar-refractivity contribution in [3.63, 3.8) is 0 Å². The lowest BCUT2D eigenvalue weighted by molar-refractivity contribution is -0.129. The van der Waals surface area contributed by atoms with E-state index in [9.17, 15) is 13.2 Å². The van der Waals surface area contributed by atoms with Crippen LogP contribution in [-0.4, -0.2) is 70.0 Å². The maximum absolute atomic E-state index is 14.5. The molecule has 0 spiro atoms. The fraction of sp³-hybridized carbons (Fsp3) is 0.286. The lowest BCUT2D eigenvalue weighted by atomic mass is 9.95. The first-order valence-electron chi connectivity index (χ1n) is 15.1. The van der Waals surface area contributed by atoms with Crippen molar-refractivity contribution in [2.75, 3.05) is 45.0 Å². The number of hydrogen-bond acceptors (Lipinski definition) is 9. The number of carbonyl (C=O) groups excluding carboxylic acids is 1. The Hall–Kier alpha value is -4.78. The van der Waals surface area contributed by atoms with Crippen molar-refractivity contribution in [2.24, 2.45) is 0 Å². The van der Waals surface area contributed by atoms with Gasteiger partial charge in [-0.15, -0.1) is 0 Å². The zero-order valence-corrected chi connectivity index (χ0v) is 27.7. The van der Waals surface area contributed by atoms with Crippen molar-refractivity contribution < 1.29 is 31.6 Å². The number of likely N-dealkylation sites (N-methyl/N-ethyl adjacent to an activating group) is 1. The van der Waals surface area contributed by atoms with Crippen LogP contribution in [0.25, 0.3) is 22.6 Å². The average molecular weight is 659 g/mol. The van der Waals surface area contributed by atoms with E-state index in [4.69, 9.17) is 18.4 Å². The first-order chi connectivity index (χ1) is 22.7. The van der Waals surface area contributed by atoms with Gasteiger partial charge >= 0.3 is 0 Å². The summed E-state index contributed by atoms with van der Waals surface area (Å²) in [5.74, 6) is 0.488. The van der Waals surface area contributed by atoms with Crippen LogP contribution in [0.3, 0.4) is 0 Å². The zero-order chi connectivity index (χ0) is 33.4. The molecule has 5 rings (SSSR count). The van der Waals surface area contributed by atoms with Crippen molar-refractivity contribution in [2.45, 2.75) is 31.6 Å². The molecule has 47 heavy (non-hydrogen) atoms. The van der Waals surface area contributed by atoms with Crippen molar-refractivity contribution >= 4 is 21.8 Å². The van der Waals surface area contributed by atoms with Crippen molar-refractivity contribution in [1.29, 1.82) is 0 Å². The Balaban J connectivity index is 1.52. The van der Waals surface area contributed by atoms with Crippen LogP contribution >= 0.6 is 0 Å². The van der Waals surface area contributed by atoms with E-state index in [0.717, 1.165) is 21.0 Å². The molecule has 0 atom stereocenters. The van der Waals surface area contributed by atoms with Crippen LogP contribution in [0.15, 0.2) is 99.1 Å². The quantitative estimate of drug-likeness (QED) is 0.103. The van der Waals surface area contributed by atoms with Gasteiger partial charge in [0.15, 0.2) is 0 Å². The molecule has 0 fully saturated rings. The number of aryl methyl sites for hydroxylation is 1. The van der Waals surface area contributed by atoms with Crippen LogP contribution in [0.2, 0.25) is 0 Å². The average Bonchev–Trinajstić information content (AvgIpc) is 3.74. The molecule has 0 bridgehead atoms. The van der Waals surface area contributed by atoms with Crippen molar-refractivity contribution in [3.05, 3.63) is 108 Å². The number of rotatable bonds is 15. The number of anilines is 1. The molecule has 12 heteroatoms. The second kappa shape index (κ2) is 15.2. The fourth-order valence-corrected chi connectivity index (χ4v) is 6.62. The predicted octanol–water partition coefficient (Wildman–Crippen LogP) is 5.67. The second-order valence-electron chi connectivity index (χ2n) is 11.0. The number of nitrogens with zero attached hydrogens (tertiary/aromatic N) is 4. The first-order valence-corrected chi connectivity index (χ1v) is 16.6. The Labute approximate surface area is 274 Å². The third-order valence-corrected chi connectivity index (χ3v) is 9.63. The molecule has 1 amide bonds. The molecule has 5 aromatic rings. The minimum Gasteiger partial charge on any atom is -0.445 e. The molecule has 0 aliphatic heterocycles. The van der Waals surface area contributed by atoms with Crippen molar-refractivity contribution in [1.82, 2.24) is 15.0 Å². The summed E-state index contributed by atoms with van der Waals surface area (Å²) in [7, 11) is -0.930. The Kier molecular flexibility index (Phi) is 10.9. The van der Waals surface area contributed by atoms with Gasteiger partial charge in [0.1, 0.15) is 13.0 Å². The third-order valence-electron chi connectivity index (χ3n) is 7.87. The van der Waals surface area contributed by atoms with Crippen LogP contribution in [0, 0.1) is 13.8 Å². The molecule has 0 aliphatic rings. The normalized spacial score (nSPS) is 11.5. The zero-order valence-electron chi connectivity index (χ0n) is 26.9. The summed E-state index contributed by atoms with van der Waals surface area (Å²) in [5, 5.41) is 3.99. The van der Waals surface area contributed by atoms with E-state index in [1.165, 1.54) is 6.26 Å². The molecule has 0 N–H and O–H groups in total.